The van der Waals surface area contributed by atoms with E-state index >= 15 is 0 Å². The topological polar surface area (TPSA) is 24.6 Å². The van der Waals surface area contributed by atoms with E-state index < -0.39 is 0 Å². The fraction of sp³-hybridized carbons (Fsp3) is 0.571. The van der Waals surface area contributed by atoms with E-state index in [4.69, 9.17) is 4.74 Å². The van der Waals surface area contributed by atoms with Gasteiger partial charge in [0.1, 0.15) is 0 Å². The van der Waals surface area contributed by atoms with Crippen molar-refractivity contribution in [1.82, 2.24) is 0 Å². The molecule has 54 valence electrons. The molecule has 0 fully saturated rings. The van der Waals surface area contributed by atoms with Crippen molar-refractivity contribution in [2.45, 2.75) is 13.8 Å². The molecule has 0 spiro atoms. The Kier molecular flexibility index (Phi) is 2.24. The van der Waals surface area contributed by atoms with Crippen LogP contribution in [0.15, 0.2) is 11.4 Å². The van der Waals surface area contributed by atoms with Crippen LogP contribution in [0.3, 0.4) is 0 Å². The average Bonchev–Trinajstić information content (AvgIpc) is 1.88. The molecule has 10 heavy (non-hydrogen) atoms. The number of nitrogens with zero attached hydrogens (tertiary/aromatic N) is 2. The van der Waals surface area contributed by atoms with Crippen LogP contribution in [-0.4, -0.2) is 23.5 Å². The van der Waals surface area contributed by atoms with Crippen LogP contribution in [0.1, 0.15) is 13.8 Å². The van der Waals surface area contributed by atoms with E-state index in [9.17, 15) is 0 Å². The van der Waals surface area contributed by atoms with E-state index in [2.05, 4.69) is 24.8 Å². The van der Waals surface area contributed by atoms with Crippen molar-refractivity contribution in [3.63, 3.8) is 0 Å². The molecule has 0 unspecified atom stereocenters. The zero-order valence-corrected chi connectivity index (χ0v) is 6.24. The van der Waals surface area contributed by atoms with E-state index in [1.54, 1.807) is 11.1 Å². The highest BCUT2D eigenvalue weighted by molar-refractivity contribution is 5.55. The van der Waals surface area contributed by atoms with Crippen molar-refractivity contribution in [3.8, 4) is 0 Å². The lowest BCUT2D eigenvalue weighted by atomic mass is 10.2. The molecule has 0 bridgehead atoms. The third kappa shape index (κ3) is 2.03. The zero-order valence-electron chi connectivity index (χ0n) is 6.24. The van der Waals surface area contributed by atoms with Crippen LogP contribution in [0, 0.1) is 5.92 Å². The van der Waals surface area contributed by atoms with Gasteiger partial charge in [-0.1, -0.05) is 13.8 Å². The number of hydrogen-bond acceptors (Lipinski definition) is 2. The summed E-state index contributed by atoms with van der Waals surface area (Å²) < 4.78 is 6.58. The molecule has 0 aromatic carbocycles. The van der Waals surface area contributed by atoms with Crippen molar-refractivity contribution >= 4 is 12.3 Å². The van der Waals surface area contributed by atoms with E-state index in [1.165, 1.54) is 6.26 Å². The lowest BCUT2D eigenvalue weighted by Crippen LogP contribution is -2.15. The Balaban J connectivity index is 2.50. The highest BCUT2D eigenvalue weighted by Gasteiger charge is 2.07. The van der Waals surface area contributed by atoms with Crippen LogP contribution < -0.4 is 0 Å². The third-order valence-electron chi connectivity index (χ3n) is 1.04. The van der Waals surface area contributed by atoms with Gasteiger partial charge in [-0.05, 0) is 4.68 Å². The molecule has 0 amide bonds. The van der Waals surface area contributed by atoms with Gasteiger partial charge in [-0.15, -0.1) is 0 Å². The number of ether oxygens (including phenoxy) is 1. The third-order valence-corrected chi connectivity index (χ3v) is 1.04. The van der Waals surface area contributed by atoms with Gasteiger partial charge in [0, 0.05) is 5.92 Å². The summed E-state index contributed by atoms with van der Waals surface area (Å²) in [7, 11) is 0. The van der Waals surface area contributed by atoms with Crippen molar-refractivity contribution in [1.29, 1.82) is 0 Å². The van der Waals surface area contributed by atoms with Crippen molar-refractivity contribution in [3.05, 3.63) is 6.26 Å². The van der Waals surface area contributed by atoms with Gasteiger partial charge in [-0.3, -0.25) is 0 Å². The Labute approximate surface area is 60.3 Å². The summed E-state index contributed by atoms with van der Waals surface area (Å²) in [6.45, 7) is 5.13. The van der Waals surface area contributed by atoms with Gasteiger partial charge in [0.05, 0.1) is 11.0 Å². The van der Waals surface area contributed by atoms with Gasteiger partial charge in [0.15, 0.2) is 12.8 Å². The molecule has 0 radical (unpaired) electrons. The van der Waals surface area contributed by atoms with Gasteiger partial charge >= 0.3 is 6.40 Å². The van der Waals surface area contributed by atoms with Gasteiger partial charge < -0.3 is 4.74 Å². The zero-order chi connectivity index (χ0) is 7.40. The lowest BCUT2D eigenvalue weighted by molar-refractivity contribution is -0.541. The Bertz CT molecular complexity index is 200. The van der Waals surface area contributed by atoms with E-state index in [1.807, 2.05) is 0 Å². The molecule has 3 heteroatoms. The van der Waals surface area contributed by atoms with Crippen molar-refractivity contribution < 1.29 is 9.42 Å². The van der Waals surface area contributed by atoms with E-state index in [0.29, 0.717) is 5.92 Å². The smallest absolute Gasteiger partial charge is 0.361 e. The molecule has 0 saturated carbocycles. The molecule has 3 nitrogen and oxygen atoms in total. The fourth-order valence-electron chi connectivity index (χ4n) is 0.710. The Morgan fingerprint density at radius 1 is 1.70 bits per heavy atom. The minimum atomic E-state index is 0.587. The SMILES string of the molecule is CC(C)C[N+]1=COC=C=N1. The van der Waals surface area contributed by atoms with Gasteiger partial charge in [0.25, 0.3) is 0 Å². The second-order valence-corrected chi connectivity index (χ2v) is 2.60. The predicted octanol–water partition coefficient (Wildman–Crippen LogP) is 0.812. The first-order chi connectivity index (χ1) is 4.79. The summed E-state index contributed by atoms with van der Waals surface area (Å²) in [6, 6.07) is 0. The lowest BCUT2D eigenvalue weighted by Gasteiger charge is -1.97. The molecule has 1 aliphatic heterocycles. The monoisotopic (exact) mass is 139 g/mol. The summed E-state index contributed by atoms with van der Waals surface area (Å²) in [6.07, 6.45) is 3.01. The standard InChI is InChI=1S/C7H11N2O/c1-7(2)5-9-6-10-4-3-8-9/h4,6-7H,5H2,1-2H3/q+1. The molecule has 0 aromatic heterocycles. The van der Waals surface area contributed by atoms with Crippen LogP contribution >= 0.6 is 0 Å². The molecule has 0 aromatic rings. The minimum Gasteiger partial charge on any atom is -0.407 e. The normalized spacial score (nSPS) is 15.3. The summed E-state index contributed by atoms with van der Waals surface area (Å²) in [4.78, 5) is 0. The average molecular weight is 139 g/mol. The maximum atomic E-state index is 4.85. The summed E-state index contributed by atoms with van der Waals surface area (Å²) in [5, 5.41) is 3.92. The van der Waals surface area contributed by atoms with E-state index in [-0.39, 0.29) is 0 Å². The first-order valence-corrected chi connectivity index (χ1v) is 3.32. The second-order valence-electron chi connectivity index (χ2n) is 2.60. The first kappa shape index (κ1) is 7.03. The Morgan fingerprint density at radius 2 is 2.50 bits per heavy atom. The Morgan fingerprint density at radius 3 is 3.00 bits per heavy atom. The molecule has 0 saturated heterocycles. The maximum absolute atomic E-state index is 4.85. The fourth-order valence-corrected chi connectivity index (χ4v) is 0.710. The molecule has 1 heterocycles. The molecular formula is C7H11N2O+. The predicted molar refractivity (Wildman–Crippen MR) is 39.1 cm³/mol. The first-order valence-electron chi connectivity index (χ1n) is 3.32. The van der Waals surface area contributed by atoms with Gasteiger partial charge in [-0.25, -0.2) is 0 Å². The molecule has 1 rings (SSSR count). The van der Waals surface area contributed by atoms with Crippen LogP contribution in [0.2, 0.25) is 0 Å². The van der Waals surface area contributed by atoms with Gasteiger partial charge in [0.2, 0.25) is 0 Å². The van der Waals surface area contributed by atoms with Crippen molar-refractivity contribution in [2.24, 2.45) is 11.0 Å². The second kappa shape index (κ2) is 3.18. The largest absolute Gasteiger partial charge is 0.407 e. The highest BCUT2D eigenvalue weighted by Crippen LogP contribution is 1.93. The van der Waals surface area contributed by atoms with Crippen LogP contribution in [0.4, 0.5) is 0 Å². The number of hydrazone groups is 1. The number of rotatable bonds is 2. The van der Waals surface area contributed by atoms with Crippen molar-refractivity contribution in [2.75, 3.05) is 6.54 Å². The van der Waals surface area contributed by atoms with Crippen LogP contribution in [0.5, 0.6) is 0 Å². The molecular weight excluding hydrogens is 128 g/mol. The van der Waals surface area contributed by atoms with Crippen LogP contribution in [-0.2, 0) is 4.74 Å². The Hall–Kier alpha value is -1.08. The molecule has 0 aliphatic carbocycles. The molecule has 0 atom stereocenters. The quantitative estimate of drug-likeness (QED) is 0.519. The summed E-state index contributed by atoms with van der Waals surface area (Å²) in [5.74, 6) is 3.20. The van der Waals surface area contributed by atoms with Gasteiger partial charge in [-0.2, -0.15) is 0 Å². The number of hydrogen-bond donors (Lipinski definition) is 0. The maximum Gasteiger partial charge on any atom is 0.361 e. The summed E-state index contributed by atoms with van der Waals surface area (Å²) >= 11 is 0. The molecule has 1 aliphatic rings. The van der Waals surface area contributed by atoms with E-state index in [0.717, 1.165) is 6.54 Å². The molecule has 0 N–H and O–H groups in total. The van der Waals surface area contributed by atoms with Crippen LogP contribution in [0.25, 0.3) is 0 Å². The minimum absolute atomic E-state index is 0.587. The summed E-state index contributed by atoms with van der Waals surface area (Å²) in [5.41, 5.74) is 0. The highest BCUT2D eigenvalue weighted by atomic mass is 16.5.